The Labute approximate surface area is 213 Å². The second-order valence-corrected chi connectivity index (χ2v) is 8.99. The van der Waals surface area contributed by atoms with Crippen molar-refractivity contribution in [2.24, 2.45) is 5.92 Å². The molecule has 0 radical (unpaired) electrons. The SMILES string of the molecule is CC(CCc1ccc(OCCOc2ccc(CC(=O)N(C)CCc3ccccc3)cc2)cc1)C(=O)O. The van der Waals surface area contributed by atoms with E-state index in [4.69, 9.17) is 14.6 Å². The summed E-state index contributed by atoms with van der Waals surface area (Å²) in [6.45, 7) is 3.22. The van der Waals surface area contributed by atoms with Gasteiger partial charge in [0.1, 0.15) is 24.7 Å². The average molecular weight is 490 g/mol. The number of carbonyl (C=O) groups excluding carboxylic acids is 1. The lowest BCUT2D eigenvalue weighted by atomic mass is 10.0. The van der Waals surface area contributed by atoms with E-state index in [2.05, 4.69) is 12.1 Å². The van der Waals surface area contributed by atoms with Crippen LogP contribution in [0.3, 0.4) is 0 Å². The lowest BCUT2D eigenvalue weighted by Gasteiger charge is -2.17. The van der Waals surface area contributed by atoms with Crippen molar-refractivity contribution in [3.8, 4) is 11.5 Å². The van der Waals surface area contributed by atoms with Crippen LogP contribution in [0.1, 0.15) is 30.0 Å². The molecule has 0 aliphatic carbocycles. The zero-order valence-corrected chi connectivity index (χ0v) is 21.1. The minimum absolute atomic E-state index is 0.0930. The maximum Gasteiger partial charge on any atom is 0.306 e. The van der Waals surface area contributed by atoms with Crippen LogP contribution in [0.5, 0.6) is 11.5 Å². The summed E-state index contributed by atoms with van der Waals surface area (Å²) in [6.07, 6.45) is 2.54. The number of hydrogen-bond donors (Lipinski definition) is 1. The number of aliphatic carboxylic acids is 1. The van der Waals surface area contributed by atoms with Crippen LogP contribution in [0.4, 0.5) is 0 Å². The number of aryl methyl sites for hydroxylation is 1. The topological polar surface area (TPSA) is 76.1 Å². The summed E-state index contributed by atoms with van der Waals surface area (Å²) in [5, 5.41) is 8.98. The summed E-state index contributed by atoms with van der Waals surface area (Å²) in [7, 11) is 1.84. The first-order chi connectivity index (χ1) is 17.4. The fourth-order valence-corrected chi connectivity index (χ4v) is 3.66. The monoisotopic (exact) mass is 489 g/mol. The Morgan fingerprint density at radius 3 is 1.86 bits per heavy atom. The maximum absolute atomic E-state index is 12.5. The molecule has 6 heteroatoms. The van der Waals surface area contributed by atoms with Gasteiger partial charge < -0.3 is 19.5 Å². The lowest BCUT2D eigenvalue weighted by molar-refractivity contribution is -0.141. The highest BCUT2D eigenvalue weighted by Gasteiger charge is 2.11. The van der Waals surface area contributed by atoms with Crippen LogP contribution in [-0.2, 0) is 28.9 Å². The molecule has 0 heterocycles. The minimum Gasteiger partial charge on any atom is -0.490 e. The van der Waals surface area contributed by atoms with Gasteiger partial charge in [-0.15, -0.1) is 0 Å². The first-order valence-electron chi connectivity index (χ1n) is 12.3. The number of hydrogen-bond acceptors (Lipinski definition) is 4. The first kappa shape index (κ1) is 26.8. The van der Waals surface area contributed by atoms with Crippen LogP contribution in [0, 0.1) is 5.92 Å². The van der Waals surface area contributed by atoms with E-state index in [1.165, 1.54) is 5.56 Å². The van der Waals surface area contributed by atoms with Crippen molar-refractivity contribution in [1.82, 2.24) is 4.90 Å². The molecule has 0 bridgehead atoms. The van der Waals surface area contributed by atoms with Crippen molar-refractivity contribution in [3.63, 3.8) is 0 Å². The third-order valence-electron chi connectivity index (χ3n) is 6.11. The number of benzene rings is 3. The summed E-state index contributed by atoms with van der Waals surface area (Å²) < 4.78 is 11.5. The van der Waals surface area contributed by atoms with Gasteiger partial charge in [-0.25, -0.2) is 0 Å². The molecular weight excluding hydrogens is 454 g/mol. The van der Waals surface area contributed by atoms with Gasteiger partial charge in [-0.2, -0.15) is 0 Å². The van der Waals surface area contributed by atoms with E-state index in [9.17, 15) is 9.59 Å². The van der Waals surface area contributed by atoms with Crippen molar-refractivity contribution in [1.29, 1.82) is 0 Å². The van der Waals surface area contributed by atoms with Gasteiger partial charge in [0.2, 0.25) is 5.91 Å². The number of nitrogens with zero attached hydrogens (tertiary/aromatic N) is 1. The molecule has 0 saturated heterocycles. The van der Waals surface area contributed by atoms with E-state index in [0.717, 1.165) is 35.5 Å². The molecule has 0 fully saturated rings. The van der Waals surface area contributed by atoms with Crippen LogP contribution in [-0.4, -0.2) is 48.7 Å². The number of carboxylic acid groups (broad SMARTS) is 1. The fraction of sp³-hybridized carbons (Fsp3) is 0.333. The zero-order chi connectivity index (χ0) is 25.8. The van der Waals surface area contributed by atoms with Gasteiger partial charge in [0, 0.05) is 13.6 Å². The molecule has 6 nitrogen and oxygen atoms in total. The number of rotatable bonds is 14. The highest BCUT2D eigenvalue weighted by atomic mass is 16.5. The average Bonchev–Trinajstić information content (AvgIpc) is 2.90. The second kappa shape index (κ2) is 13.9. The zero-order valence-electron chi connectivity index (χ0n) is 21.1. The summed E-state index contributed by atoms with van der Waals surface area (Å²) in [4.78, 5) is 25.2. The Morgan fingerprint density at radius 2 is 1.31 bits per heavy atom. The highest BCUT2D eigenvalue weighted by Crippen LogP contribution is 2.16. The predicted molar refractivity (Wildman–Crippen MR) is 140 cm³/mol. The second-order valence-electron chi connectivity index (χ2n) is 8.99. The van der Waals surface area contributed by atoms with Crippen LogP contribution < -0.4 is 9.47 Å². The van der Waals surface area contributed by atoms with E-state index in [1.807, 2.05) is 73.8 Å². The van der Waals surface area contributed by atoms with Crippen molar-refractivity contribution in [3.05, 3.63) is 95.6 Å². The molecule has 190 valence electrons. The largest absolute Gasteiger partial charge is 0.490 e. The van der Waals surface area contributed by atoms with Gasteiger partial charge in [0.15, 0.2) is 0 Å². The van der Waals surface area contributed by atoms with Gasteiger partial charge in [0.05, 0.1) is 12.3 Å². The quantitative estimate of drug-likeness (QED) is 0.321. The third kappa shape index (κ3) is 9.10. The maximum atomic E-state index is 12.5. The van der Waals surface area contributed by atoms with Gasteiger partial charge in [-0.05, 0) is 60.2 Å². The summed E-state index contributed by atoms with van der Waals surface area (Å²) in [5.74, 6) is 0.462. The Hall–Kier alpha value is -3.80. The number of likely N-dealkylation sites (N-methyl/N-ethyl adjacent to an activating group) is 1. The Kier molecular flexibility index (Phi) is 10.4. The molecule has 0 aromatic heterocycles. The molecule has 3 aromatic carbocycles. The molecule has 0 saturated carbocycles. The predicted octanol–water partition coefficient (Wildman–Crippen LogP) is 5.04. The van der Waals surface area contributed by atoms with Crippen LogP contribution in [0.2, 0.25) is 0 Å². The van der Waals surface area contributed by atoms with Crippen molar-refractivity contribution in [2.45, 2.75) is 32.6 Å². The van der Waals surface area contributed by atoms with Gasteiger partial charge >= 0.3 is 5.97 Å². The van der Waals surface area contributed by atoms with Crippen molar-refractivity contribution in [2.75, 3.05) is 26.8 Å². The third-order valence-corrected chi connectivity index (χ3v) is 6.11. The van der Waals surface area contributed by atoms with Crippen LogP contribution in [0.25, 0.3) is 0 Å². The fourth-order valence-electron chi connectivity index (χ4n) is 3.66. The number of carbonyl (C=O) groups is 2. The molecular formula is C30H35NO5. The van der Waals surface area contributed by atoms with Crippen molar-refractivity contribution >= 4 is 11.9 Å². The molecule has 1 unspecified atom stereocenters. The smallest absolute Gasteiger partial charge is 0.306 e. The molecule has 1 N–H and O–H groups in total. The van der Waals surface area contributed by atoms with E-state index >= 15 is 0 Å². The Morgan fingerprint density at radius 1 is 0.778 bits per heavy atom. The Balaban J connectivity index is 1.34. The van der Waals surface area contributed by atoms with E-state index in [-0.39, 0.29) is 11.8 Å². The van der Waals surface area contributed by atoms with Crippen LogP contribution in [0.15, 0.2) is 78.9 Å². The standard InChI is InChI=1S/C30H35NO5/c1-23(30(33)34)8-9-25-10-14-27(15-11-25)35-20-21-36-28-16-12-26(13-17-28)22-29(32)31(2)19-18-24-6-4-3-5-7-24/h3-7,10-17,23H,8-9,18-22H2,1-2H3,(H,33,34). The molecule has 0 aliphatic heterocycles. The number of amides is 1. The molecule has 0 spiro atoms. The van der Waals surface area contributed by atoms with E-state index < -0.39 is 5.97 Å². The molecule has 1 amide bonds. The van der Waals surface area contributed by atoms with E-state index in [0.29, 0.717) is 32.6 Å². The highest BCUT2D eigenvalue weighted by molar-refractivity contribution is 5.78. The summed E-state index contributed by atoms with van der Waals surface area (Å²) in [6, 6.07) is 25.5. The summed E-state index contributed by atoms with van der Waals surface area (Å²) in [5.41, 5.74) is 3.27. The van der Waals surface area contributed by atoms with Gasteiger partial charge in [-0.3, -0.25) is 9.59 Å². The molecule has 3 rings (SSSR count). The molecule has 3 aromatic rings. The minimum atomic E-state index is -0.764. The Bertz CT molecular complexity index is 1080. The number of carboxylic acids is 1. The normalized spacial score (nSPS) is 11.5. The van der Waals surface area contributed by atoms with Crippen molar-refractivity contribution < 1.29 is 24.2 Å². The van der Waals surface area contributed by atoms with Crippen LogP contribution >= 0.6 is 0 Å². The van der Waals surface area contributed by atoms with Gasteiger partial charge in [-0.1, -0.05) is 61.5 Å². The number of ether oxygens (including phenoxy) is 2. The first-order valence-corrected chi connectivity index (χ1v) is 12.3. The molecule has 0 aliphatic rings. The summed E-state index contributed by atoms with van der Waals surface area (Å²) >= 11 is 0. The molecule has 36 heavy (non-hydrogen) atoms. The van der Waals surface area contributed by atoms with Gasteiger partial charge in [0.25, 0.3) is 0 Å². The van der Waals surface area contributed by atoms with E-state index in [1.54, 1.807) is 11.8 Å². The lowest BCUT2D eigenvalue weighted by Crippen LogP contribution is -2.30. The molecule has 1 atom stereocenters.